The number of hydrogen-bond donors (Lipinski definition) is 0. The van der Waals surface area contributed by atoms with Crippen molar-refractivity contribution in [3.8, 4) is 17.3 Å². The first-order valence-electron chi connectivity index (χ1n) is 10.2. The lowest BCUT2D eigenvalue weighted by Gasteiger charge is -2.18. The molecule has 2 aromatic carbocycles. The highest BCUT2D eigenvalue weighted by Crippen LogP contribution is 2.31. The van der Waals surface area contributed by atoms with Crippen LogP contribution in [0.15, 0.2) is 54.6 Å². The van der Waals surface area contributed by atoms with Gasteiger partial charge in [-0.3, -0.25) is 4.79 Å². The SMILES string of the molecule is CCN(CC)C(=O)CCc1c(C)nn(-c2cccc(C)c2)c1Oc1ccccc1. The number of amides is 1. The van der Waals surface area contributed by atoms with E-state index in [2.05, 4.69) is 19.1 Å². The largest absolute Gasteiger partial charge is 0.439 e. The molecule has 0 aliphatic carbocycles. The fourth-order valence-electron chi connectivity index (χ4n) is 3.43. The Morgan fingerprint density at radius 2 is 1.76 bits per heavy atom. The first-order valence-corrected chi connectivity index (χ1v) is 10.2. The second kappa shape index (κ2) is 9.41. The molecule has 0 saturated heterocycles. The minimum absolute atomic E-state index is 0.156. The fourth-order valence-corrected chi connectivity index (χ4v) is 3.43. The highest BCUT2D eigenvalue weighted by atomic mass is 16.5. The fraction of sp³-hybridized carbons (Fsp3) is 0.333. The van der Waals surface area contributed by atoms with Gasteiger partial charge in [-0.25, -0.2) is 4.68 Å². The van der Waals surface area contributed by atoms with Gasteiger partial charge in [0.2, 0.25) is 11.8 Å². The zero-order valence-electron chi connectivity index (χ0n) is 17.7. The van der Waals surface area contributed by atoms with Crippen molar-refractivity contribution in [2.75, 3.05) is 13.1 Å². The van der Waals surface area contributed by atoms with Crippen LogP contribution in [0.1, 0.15) is 37.1 Å². The van der Waals surface area contributed by atoms with Crippen LogP contribution < -0.4 is 4.74 Å². The molecule has 3 rings (SSSR count). The topological polar surface area (TPSA) is 47.4 Å². The van der Waals surface area contributed by atoms with Crippen molar-refractivity contribution in [3.63, 3.8) is 0 Å². The van der Waals surface area contributed by atoms with Gasteiger partial charge in [0, 0.05) is 25.1 Å². The van der Waals surface area contributed by atoms with Gasteiger partial charge in [0.15, 0.2) is 0 Å². The molecule has 0 aliphatic heterocycles. The summed E-state index contributed by atoms with van der Waals surface area (Å²) in [6.07, 6.45) is 1.03. The third-order valence-corrected chi connectivity index (χ3v) is 5.05. The Hall–Kier alpha value is -3.08. The Balaban J connectivity index is 1.97. The third-order valence-electron chi connectivity index (χ3n) is 5.05. The van der Waals surface area contributed by atoms with Gasteiger partial charge in [-0.15, -0.1) is 0 Å². The van der Waals surface area contributed by atoms with Gasteiger partial charge in [0.1, 0.15) is 5.75 Å². The number of benzene rings is 2. The minimum Gasteiger partial charge on any atom is -0.439 e. The van der Waals surface area contributed by atoms with Crippen LogP contribution in [0.5, 0.6) is 11.6 Å². The maximum atomic E-state index is 12.5. The number of aryl methyl sites for hydroxylation is 2. The Morgan fingerprint density at radius 1 is 1.03 bits per heavy atom. The number of nitrogens with zero attached hydrogens (tertiary/aromatic N) is 3. The number of carbonyl (C=O) groups excluding carboxylic acids is 1. The van der Waals surface area contributed by atoms with Gasteiger partial charge in [-0.1, -0.05) is 30.3 Å². The van der Waals surface area contributed by atoms with Crippen LogP contribution in [0, 0.1) is 13.8 Å². The van der Waals surface area contributed by atoms with Crippen molar-refractivity contribution in [1.82, 2.24) is 14.7 Å². The summed E-state index contributed by atoms with van der Waals surface area (Å²) in [4.78, 5) is 14.4. The summed E-state index contributed by atoms with van der Waals surface area (Å²) in [5.41, 5.74) is 3.94. The first-order chi connectivity index (χ1) is 14.0. The van der Waals surface area contributed by atoms with Crippen molar-refractivity contribution < 1.29 is 9.53 Å². The molecule has 0 saturated carbocycles. The molecule has 5 nitrogen and oxygen atoms in total. The molecule has 0 fully saturated rings. The second-order valence-corrected chi connectivity index (χ2v) is 7.10. The van der Waals surface area contributed by atoms with E-state index in [9.17, 15) is 4.79 Å². The lowest BCUT2D eigenvalue weighted by molar-refractivity contribution is -0.130. The van der Waals surface area contributed by atoms with Crippen molar-refractivity contribution in [2.45, 2.75) is 40.5 Å². The van der Waals surface area contributed by atoms with Gasteiger partial charge in [-0.2, -0.15) is 5.10 Å². The number of aromatic nitrogens is 2. The van der Waals surface area contributed by atoms with E-state index in [1.54, 1.807) is 0 Å². The van der Waals surface area contributed by atoms with Gasteiger partial charge < -0.3 is 9.64 Å². The molecule has 29 heavy (non-hydrogen) atoms. The highest BCUT2D eigenvalue weighted by Gasteiger charge is 2.21. The van der Waals surface area contributed by atoms with Gasteiger partial charge in [0.05, 0.1) is 11.4 Å². The van der Waals surface area contributed by atoms with E-state index in [-0.39, 0.29) is 5.91 Å². The lowest BCUT2D eigenvalue weighted by Crippen LogP contribution is -2.30. The summed E-state index contributed by atoms with van der Waals surface area (Å²) in [6.45, 7) is 9.50. The van der Waals surface area contributed by atoms with E-state index < -0.39 is 0 Å². The molecule has 0 unspecified atom stereocenters. The van der Waals surface area contributed by atoms with E-state index in [0.29, 0.717) is 18.7 Å². The van der Waals surface area contributed by atoms with Crippen LogP contribution in [0.2, 0.25) is 0 Å². The van der Waals surface area contributed by atoms with Crippen LogP contribution in [0.3, 0.4) is 0 Å². The van der Waals surface area contributed by atoms with E-state index in [4.69, 9.17) is 9.84 Å². The van der Waals surface area contributed by atoms with Crippen LogP contribution in [0.25, 0.3) is 5.69 Å². The lowest BCUT2D eigenvalue weighted by atomic mass is 10.1. The molecular weight excluding hydrogens is 362 g/mol. The van der Waals surface area contributed by atoms with E-state index in [1.807, 2.05) is 72.8 Å². The van der Waals surface area contributed by atoms with Crippen LogP contribution in [0.4, 0.5) is 0 Å². The Kier molecular flexibility index (Phi) is 6.70. The summed E-state index contributed by atoms with van der Waals surface area (Å²) in [5, 5.41) is 4.75. The predicted octanol–water partition coefficient (Wildman–Crippen LogP) is 5.08. The van der Waals surface area contributed by atoms with Crippen molar-refractivity contribution >= 4 is 5.91 Å². The normalized spacial score (nSPS) is 10.8. The zero-order valence-corrected chi connectivity index (χ0v) is 17.7. The average molecular weight is 392 g/mol. The molecule has 5 heteroatoms. The highest BCUT2D eigenvalue weighted by molar-refractivity contribution is 5.76. The molecule has 1 aromatic heterocycles. The molecule has 1 amide bonds. The summed E-state index contributed by atoms with van der Waals surface area (Å²) in [7, 11) is 0. The summed E-state index contributed by atoms with van der Waals surface area (Å²) in [6, 6.07) is 17.9. The van der Waals surface area contributed by atoms with Gasteiger partial charge in [0.25, 0.3) is 0 Å². The Morgan fingerprint density at radius 3 is 2.41 bits per heavy atom. The van der Waals surface area contributed by atoms with Crippen molar-refractivity contribution in [2.24, 2.45) is 0 Å². The number of hydrogen-bond acceptors (Lipinski definition) is 3. The third kappa shape index (κ3) is 4.86. The standard InChI is InChI=1S/C24H29N3O2/c1-5-26(6-2)23(28)16-15-22-19(4)25-27(20-12-10-11-18(3)17-20)24(22)29-21-13-8-7-9-14-21/h7-14,17H,5-6,15-16H2,1-4H3. The quantitative estimate of drug-likeness (QED) is 0.538. The zero-order chi connectivity index (χ0) is 20.8. The maximum Gasteiger partial charge on any atom is 0.226 e. The van der Waals surface area contributed by atoms with Crippen molar-refractivity contribution in [1.29, 1.82) is 0 Å². The molecule has 0 atom stereocenters. The van der Waals surface area contributed by atoms with E-state index in [0.717, 1.165) is 41.3 Å². The second-order valence-electron chi connectivity index (χ2n) is 7.10. The molecule has 0 bridgehead atoms. The number of ether oxygens (including phenoxy) is 1. The minimum atomic E-state index is 0.156. The molecule has 0 aliphatic rings. The van der Waals surface area contributed by atoms with Gasteiger partial charge in [-0.05, 0) is 63.9 Å². The molecule has 3 aromatic rings. The number of carbonyl (C=O) groups is 1. The van der Waals surface area contributed by atoms with Crippen molar-refractivity contribution in [3.05, 3.63) is 71.4 Å². The van der Waals surface area contributed by atoms with E-state index >= 15 is 0 Å². The van der Waals surface area contributed by atoms with Crippen LogP contribution >= 0.6 is 0 Å². The maximum absolute atomic E-state index is 12.5. The molecular formula is C24H29N3O2. The molecule has 0 radical (unpaired) electrons. The summed E-state index contributed by atoms with van der Waals surface area (Å²) < 4.78 is 8.12. The Labute approximate surface area is 172 Å². The Bertz CT molecular complexity index is 960. The number of rotatable bonds is 8. The molecule has 1 heterocycles. The number of para-hydroxylation sites is 1. The monoisotopic (exact) mass is 391 g/mol. The van der Waals surface area contributed by atoms with E-state index in [1.165, 1.54) is 0 Å². The summed E-state index contributed by atoms with van der Waals surface area (Å²) in [5.74, 6) is 1.58. The van der Waals surface area contributed by atoms with Gasteiger partial charge >= 0.3 is 0 Å². The first kappa shape index (κ1) is 20.6. The average Bonchev–Trinajstić information content (AvgIpc) is 3.03. The molecule has 0 spiro atoms. The molecule has 0 N–H and O–H groups in total. The van der Waals surface area contributed by atoms with Crippen LogP contribution in [-0.2, 0) is 11.2 Å². The predicted molar refractivity (Wildman–Crippen MR) is 116 cm³/mol. The smallest absolute Gasteiger partial charge is 0.226 e. The molecule has 152 valence electrons. The van der Waals surface area contributed by atoms with Crippen LogP contribution in [-0.4, -0.2) is 33.7 Å². The summed E-state index contributed by atoms with van der Waals surface area (Å²) >= 11 is 0.